The van der Waals surface area contributed by atoms with E-state index in [0.29, 0.717) is 36.0 Å². The van der Waals surface area contributed by atoms with Gasteiger partial charge < -0.3 is 19.9 Å². The Morgan fingerprint density at radius 1 is 1.00 bits per heavy atom. The molecule has 0 heterocycles. The zero-order chi connectivity index (χ0) is 20.7. The molecule has 0 saturated heterocycles. The first-order valence-electron chi connectivity index (χ1n) is 9.30. The van der Waals surface area contributed by atoms with E-state index in [1.807, 2.05) is 45.9 Å². The molecule has 150 valence electrons. The van der Waals surface area contributed by atoms with Crippen molar-refractivity contribution >= 4 is 17.6 Å². The van der Waals surface area contributed by atoms with Crippen LogP contribution in [0, 0.1) is 0 Å². The van der Waals surface area contributed by atoms with Crippen molar-refractivity contribution in [3.63, 3.8) is 0 Å². The molecular weight excluding hydrogens is 358 g/mol. The Morgan fingerprint density at radius 2 is 1.68 bits per heavy atom. The molecule has 0 aliphatic carbocycles. The van der Waals surface area contributed by atoms with Crippen molar-refractivity contribution in [3.8, 4) is 11.5 Å². The van der Waals surface area contributed by atoms with Gasteiger partial charge in [-0.1, -0.05) is 18.2 Å². The molecule has 0 spiro atoms. The van der Waals surface area contributed by atoms with Crippen molar-refractivity contribution in [2.24, 2.45) is 0 Å². The van der Waals surface area contributed by atoms with E-state index >= 15 is 0 Å². The molecule has 2 aromatic rings. The summed E-state index contributed by atoms with van der Waals surface area (Å²) >= 11 is 0. The molecule has 2 aromatic carbocycles. The zero-order valence-corrected chi connectivity index (χ0v) is 16.7. The van der Waals surface area contributed by atoms with Crippen molar-refractivity contribution in [2.45, 2.75) is 39.5 Å². The topological polar surface area (TPSA) is 84.9 Å². The Hall–Kier alpha value is -3.02. The third-order valence-corrected chi connectivity index (χ3v) is 4.37. The lowest BCUT2D eigenvalue weighted by Gasteiger charge is -2.25. The highest BCUT2D eigenvalue weighted by Crippen LogP contribution is 2.34. The van der Waals surface area contributed by atoms with Crippen LogP contribution in [0.4, 0.5) is 5.69 Å². The first kappa shape index (κ1) is 21.3. The van der Waals surface area contributed by atoms with Crippen LogP contribution in [0.3, 0.4) is 0 Å². The quantitative estimate of drug-likeness (QED) is 0.681. The Morgan fingerprint density at radius 3 is 2.32 bits per heavy atom. The number of aliphatic carboxylic acids is 1. The van der Waals surface area contributed by atoms with Crippen LogP contribution < -0.4 is 14.8 Å². The summed E-state index contributed by atoms with van der Waals surface area (Å²) in [4.78, 5) is 23.8. The van der Waals surface area contributed by atoms with Gasteiger partial charge >= 0.3 is 5.97 Å². The number of benzene rings is 2. The number of ether oxygens (including phenoxy) is 2. The molecule has 0 aliphatic heterocycles. The van der Waals surface area contributed by atoms with Crippen molar-refractivity contribution < 1.29 is 24.2 Å². The lowest BCUT2D eigenvalue weighted by Crippen LogP contribution is -2.34. The number of rotatable bonds is 9. The summed E-state index contributed by atoms with van der Waals surface area (Å²) in [6.07, 6.45) is -0.0935. The molecule has 0 radical (unpaired) electrons. The predicted molar refractivity (Wildman–Crippen MR) is 108 cm³/mol. The lowest BCUT2D eigenvalue weighted by molar-refractivity contribution is -0.136. The molecule has 1 amide bonds. The number of amides is 1. The van der Waals surface area contributed by atoms with Crippen molar-refractivity contribution in [1.29, 1.82) is 0 Å². The molecule has 0 fully saturated rings. The van der Waals surface area contributed by atoms with Gasteiger partial charge in [-0.2, -0.15) is 0 Å². The second-order valence-electron chi connectivity index (χ2n) is 6.88. The van der Waals surface area contributed by atoms with Crippen LogP contribution >= 0.6 is 0 Å². The standard InChI is InChI=1S/C22H27NO5/c1-5-27-18-11-10-16(14-19(18)28-6-2)22(3,4)21(26)23-17-9-7-8-15(12-17)13-20(24)25/h7-12,14H,5-6,13H2,1-4H3,(H,23,26)(H,24,25). The van der Waals surface area contributed by atoms with E-state index in [1.54, 1.807) is 24.3 Å². The van der Waals surface area contributed by atoms with Crippen LogP contribution in [0.15, 0.2) is 42.5 Å². The van der Waals surface area contributed by atoms with E-state index in [2.05, 4.69) is 5.32 Å². The molecule has 0 atom stereocenters. The zero-order valence-electron chi connectivity index (χ0n) is 16.7. The monoisotopic (exact) mass is 385 g/mol. The van der Waals surface area contributed by atoms with Gasteiger partial charge in [0, 0.05) is 5.69 Å². The largest absolute Gasteiger partial charge is 0.490 e. The summed E-state index contributed by atoms with van der Waals surface area (Å²) in [7, 11) is 0. The third kappa shape index (κ3) is 5.25. The number of hydrogen-bond donors (Lipinski definition) is 2. The van der Waals surface area contributed by atoms with Crippen molar-refractivity contribution in [2.75, 3.05) is 18.5 Å². The molecule has 2 rings (SSSR count). The van der Waals surface area contributed by atoms with E-state index in [4.69, 9.17) is 14.6 Å². The maximum Gasteiger partial charge on any atom is 0.307 e. The summed E-state index contributed by atoms with van der Waals surface area (Å²) in [5.74, 6) is 0.130. The van der Waals surface area contributed by atoms with Crippen LogP contribution in [0.5, 0.6) is 11.5 Å². The summed E-state index contributed by atoms with van der Waals surface area (Å²) in [5, 5.41) is 11.8. The fourth-order valence-electron chi connectivity index (χ4n) is 2.79. The van der Waals surface area contributed by atoms with Gasteiger partial charge in [-0.3, -0.25) is 9.59 Å². The second-order valence-corrected chi connectivity index (χ2v) is 6.88. The Labute approximate surface area is 165 Å². The number of anilines is 1. The fraction of sp³-hybridized carbons (Fsp3) is 0.364. The van der Waals surface area contributed by atoms with Crippen molar-refractivity contribution in [3.05, 3.63) is 53.6 Å². The average Bonchev–Trinajstić information content (AvgIpc) is 2.63. The van der Waals surface area contributed by atoms with Crippen LogP contribution in [0.1, 0.15) is 38.8 Å². The van der Waals surface area contributed by atoms with Gasteiger partial charge in [0.2, 0.25) is 5.91 Å². The van der Waals surface area contributed by atoms with Gasteiger partial charge in [0.15, 0.2) is 11.5 Å². The van der Waals surface area contributed by atoms with E-state index in [-0.39, 0.29) is 12.3 Å². The SMILES string of the molecule is CCOc1ccc(C(C)(C)C(=O)Nc2cccc(CC(=O)O)c2)cc1OCC. The smallest absolute Gasteiger partial charge is 0.307 e. The van der Waals surface area contributed by atoms with Crippen LogP contribution in [0.2, 0.25) is 0 Å². The van der Waals surface area contributed by atoms with Crippen LogP contribution in [0.25, 0.3) is 0 Å². The lowest BCUT2D eigenvalue weighted by atomic mass is 9.83. The molecule has 6 nitrogen and oxygen atoms in total. The van der Waals surface area contributed by atoms with Gasteiger partial charge in [0.05, 0.1) is 25.0 Å². The minimum Gasteiger partial charge on any atom is -0.490 e. The molecular formula is C22H27NO5. The van der Waals surface area contributed by atoms with E-state index in [9.17, 15) is 9.59 Å². The Bertz CT molecular complexity index is 845. The Balaban J connectivity index is 2.24. The molecule has 0 unspecified atom stereocenters. The minimum absolute atomic E-state index is 0.0935. The summed E-state index contributed by atoms with van der Waals surface area (Å²) in [6, 6.07) is 12.4. The number of carbonyl (C=O) groups excluding carboxylic acids is 1. The molecule has 0 aromatic heterocycles. The van der Waals surface area contributed by atoms with Crippen molar-refractivity contribution in [1.82, 2.24) is 0 Å². The summed E-state index contributed by atoms with van der Waals surface area (Å²) in [6.45, 7) is 8.47. The highest BCUT2D eigenvalue weighted by molar-refractivity contribution is 5.98. The summed E-state index contributed by atoms with van der Waals surface area (Å²) < 4.78 is 11.2. The molecule has 28 heavy (non-hydrogen) atoms. The average molecular weight is 385 g/mol. The van der Waals surface area contributed by atoms with Crippen LogP contribution in [-0.2, 0) is 21.4 Å². The maximum atomic E-state index is 12.9. The fourth-order valence-corrected chi connectivity index (χ4v) is 2.79. The molecule has 0 bridgehead atoms. The van der Waals surface area contributed by atoms with E-state index in [1.165, 1.54) is 0 Å². The maximum absolute atomic E-state index is 12.9. The molecule has 0 aliphatic rings. The highest BCUT2D eigenvalue weighted by atomic mass is 16.5. The second kappa shape index (κ2) is 9.26. The number of carbonyl (C=O) groups is 2. The number of hydrogen-bond acceptors (Lipinski definition) is 4. The normalized spacial score (nSPS) is 11.0. The Kier molecular flexibility index (Phi) is 7.04. The van der Waals surface area contributed by atoms with Crippen LogP contribution in [-0.4, -0.2) is 30.2 Å². The predicted octanol–water partition coefficient (Wildman–Crippen LogP) is 4.03. The van der Waals surface area contributed by atoms with Gasteiger partial charge in [-0.05, 0) is 63.1 Å². The third-order valence-electron chi connectivity index (χ3n) is 4.37. The first-order chi connectivity index (χ1) is 13.3. The molecule has 6 heteroatoms. The number of carboxylic acid groups (broad SMARTS) is 1. The minimum atomic E-state index is -0.915. The number of carboxylic acids is 1. The van der Waals surface area contributed by atoms with E-state index < -0.39 is 11.4 Å². The highest BCUT2D eigenvalue weighted by Gasteiger charge is 2.31. The molecule has 2 N–H and O–H groups in total. The van der Waals surface area contributed by atoms with Gasteiger partial charge in [0.1, 0.15) is 0 Å². The number of nitrogens with one attached hydrogen (secondary N) is 1. The van der Waals surface area contributed by atoms with Gasteiger partial charge in [-0.15, -0.1) is 0 Å². The summed E-state index contributed by atoms with van der Waals surface area (Å²) in [5.41, 5.74) is 1.15. The first-order valence-corrected chi connectivity index (χ1v) is 9.30. The van der Waals surface area contributed by atoms with Gasteiger partial charge in [0.25, 0.3) is 0 Å². The van der Waals surface area contributed by atoms with E-state index in [0.717, 1.165) is 5.56 Å². The molecule has 0 saturated carbocycles. The van der Waals surface area contributed by atoms with Gasteiger partial charge in [-0.25, -0.2) is 0 Å².